The first-order valence-corrected chi connectivity index (χ1v) is 14.3. The molecule has 182 valence electrons. The molecule has 0 radical (unpaired) electrons. The number of ether oxygens (including phenoxy) is 1. The molecule has 1 N–H and O–H groups in total. The van der Waals surface area contributed by atoms with Gasteiger partial charge >= 0.3 is 12.7 Å². The summed E-state index contributed by atoms with van der Waals surface area (Å²) in [6, 6.07) is 7.12. The van der Waals surface area contributed by atoms with Gasteiger partial charge in [-0.3, -0.25) is 9.32 Å². The number of benzene rings is 1. The van der Waals surface area contributed by atoms with Gasteiger partial charge in [-0.05, 0) is 44.2 Å². The van der Waals surface area contributed by atoms with Crippen LogP contribution in [0.4, 0.5) is 0 Å². The fourth-order valence-corrected chi connectivity index (χ4v) is 4.28. The van der Waals surface area contributed by atoms with Gasteiger partial charge in [0.05, 0.1) is 17.6 Å². The highest BCUT2D eigenvalue weighted by atomic mass is 32.5. The van der Waals surface area contributed by atoms with Gasteiger partial charge < -0.3 is 14.2 Å². The summed E-state index contributed by atoms with van der Waals surface area (Å²) in [5.74, 6) is -0.684. The van der Waals surface area contributed by atoms with Gasteiger partial charge in [-0.2, -0.15) is 0 Å². The molecule has 9 heteroatoms. The van der Waals surface area contributed by atoms with Crippen LogP contribution in [0.2, 0.25) is 0 Å². The third-order valence-corrected chi connectivity index (χ3v) is 6.28. The van der Waals surface area contributed by atoms with E-state index in [-0.39, 0.29) is 18.2 Å². The van der Waals surface area contributed by atoms with Crippen LogP contribution < -0.4 is 9.26 Å². The SMILES string of the molecule is CCC=CCCCCC(=O)Oc1nc2ccccc2nc1OP(O)(=S)OCCCCCCC. The molecule has 1 aromatic heterocycles. The zero-order chi connectivity index (χ0) is 23.9. The van der Waals surface area contributed by atoms with Gasteiger partial charge in [-0.15, -0.1) is 0 Å². The summed E-state index contributed by atoms with van der Waals surface area (Å²) in [5, 5.41) is 0. The van der Waals surface area contributed by atoms with Crippen LogP contribution >= 0.6 is 6.72 Å². The number of hydrogen-bond acceptors (Lipinski definition) is 7. The van der Waals surface area contributed by atoms with E-state index in [1.807, 2.05) is 6.07 Å². The van der Waals surface area contributed by atoms with Crippen LogP contribution in [0.5, 0.6) is 11.8 Å². The Bertz CT molecular complexity index is 954. The molecule has 0 saturated carbocycles. The minimum Gasteiger partial charge on any atom is -0.402 e. The quantitative estimate of drug-likeness (QED) is 0.120. The molecule has 0 amide bonds. The van der Waals surface area contributed by atoms with Crippen LogP contribution in [0.1, 0.15) is 78.1 Å². The molecule has 0 fully saturated rings. The van der Waals surface area contributed by atoms with Crippen LogP contribution in [0, 0.1) is 0 Å². The Labute approximate surface area is 201 Å². The van der Waals surface area contributed by atoms with E-state index >= 15 is 0 Å². The summed E-state index contributed by atoms with van der Waals surface area (Å²) in [5.41, 5.74) is 1.07. The van der Waals surface area contributed by atoms with Gasteiger partial charge in [0, 0.05) is 18.2 Å². The van der Waals surface area contributed by atoms with Crippen molar-refractivity contribution in [3.05, 3.63) is 36.4 Å². The summed E-state index contributed by atoms with van der Waals surface area (Å²) < 4.78 is 16.4. The zero-order valence-electron chi connectivity index (χ0n) is 19.6. The summed E-state index contributed by atoms with van der Waals surface area (Å²) in [7, 11) is 0. The summed E-state index contributed by atoms with van der Waals surface area (Å²) in [4.78, 5) is 31.6. The Balaban J connectivity index is 2.02. The third kappa shape index (κ3) is 10.7. The van der Waals surface area contributed by atoms with Crippen molar-refractivity contribution < 1.29 is 23.5 Å². The molecule has 1 unspecified atom stereocenters. The highest BCUT2D eigenvalue weighted by molar-refractivity contribution is 8.07. The van der Waals surface area contributed by atoms with Gasteiger partial charge in [-0.1, -0.05) is 63.8 Å². The van der Waals surface area contributed by atoms with Crippen LogP contribution in [0.3, 0.4) is 0 Å². The Morgan fingerprint density at radius 1 is 1.00 bits per heavy atom. The monoisotopic (exact) mass is 494 g/mol. The van der Waals surface area contributed by atoms with Crippen molar-refractivity contribution >= 4 is 35.5 Å². The number of allylic oxidation sites excluding steroid dienone is 2. The molecular formula is C24H35N2O5PS. The lowest BCUT2D eigenvalue weighted by molar-refractivity contribution is -0.134. The second-order valence-corrected chi connectivity index (χ2v) is 10.5. The normalized spacial score (nSPS) is 13.3. The molecule has 0 bridgehead atoms. The van der Waals surface area contributed by atoms with Gasteiger partial charge in [-0.25, -0.2) is 9.97 Å². The molecule has 0 aliphatic carbocycles. The molecule has 1 heterocycles. The van der Waals surface area contributed by atoms with E-state index in [9.17, 15) is 9.69 Å². The van der Waals surface area contributed by atoms with E-state index in [0.717, 1.165) is 44.9 Å². The van der Waals surface area contributed by atoms with Crippen molar-refractivity contribution in [1.82, 2.24) is 9.97 Å². The zero-order valence-corrected chi connectivity index (χ0v) is 21.3. The van der Waals surface area contributed by atoms with E-state index in [1.54, 1.807) is 18.2 Å². The number of rotatable bonds is 16. The molecular weight excluding hydrogens is 459 g/mol. The maximum atomic E-state index is 12.4. The van der Waals surface area contributed by atoms with Crippen molar-refractivity contribution in [2.24, 2.45) is 0 Å². The molecule has 2 rings (SSSR count). The second-order valence-electron chi connectivity index (χ2n) is 7.73. The topological polar surface area (TPSA) is 90.8 Å². The highest BCUT2D eigenvalue weighted by Crippen LogP contribution is 2.46. The van der Waals surface area contributed by atoms with E-state index in [0.29, 0.717) is 24.1 Å². The number of hydrogen-bond donors (Lipinski definition) is 1. The second kappa shape index (κ2) is 15.1. The predicted molar refractivity (Wildman–Crippen MR) is 135 cm³/mol. The van der Waals surface area contributed by atoms with Crippen molar-refractivity contribution in [1.29, 1.82) is 0 Å². The van der Waals surface area contributed by atoms with E-state index in [1.165, 1.54) is 6.42 Å². The average Bonchev–Trinajstić information content (AvgIpc) is 2.78. The smallest absolute Gasteiger partial charge is 0.379 e. The summed E-state index contributed by atoms with van der Waals surface area (Å²) in [6.07, 6.45) is 13.2. The number of carbonyl (C=O) groups excluding carboxylic acids is 1. The van der Waals surface area contributed by atoms with Gasteiger partial charge in [0.25, 0.3) is 11.8 Å². The lowest BCUT2D eigenvalue weighted by Gasteiger charge is -2.17. The maximum Gasteiger partial charge on any atom is 0.379 e. The molecule has 0 saturated heterocycles. The van der Waals surface area contributed by atoms with Crippen LogP contribution in [-0.2, 0) is 21.1 Å². The molecule has 0 aliphatic heterocycles. The lowest BCUT2D eigenvalue weighted by Crippen LogP contribution is -2.11. The first-order chi connectivity index (χ1) is 15.9. The molecule has 2 aromatic rings. The minimum absolute atomic E-state index is 0.112. The Morgan fingerprint density at radius 2 is 1.70 bits per heavy atom. The number of esters is 1. The number of fused-ring (bicyclic) bond motifs is 1. The van der Waals surface area contributed by atoms with Gasteiger partial charge in [0.2, 0.25) is 0 Å². The molecule has 1 aromatic carbocycles. The van der Waals surface area contributed by atoms with Crippen molar-refractivity contribution in [2.45, 2.75) is 78.1 Å². The van der Waals surface area contributed by atoms with Crippen molar-refractivity contribution in [3.8, 4) is 11.8 Å². The molecule has 0 spiro atoms. The first-order valence-electron chi connectivity index (χ1n) is 11.7. The van der Waals surface area contributed by atoms with E-state index < -0.39 is 12.7 Å². The number of aromatic nitrogens is 2. The lowest BCUT2D eigenvalue weighted by atomic mass is 10.2. The standard InChI is InChI=1S/C24H35N2O5PS/c1-3-5-7-9-10-12-18-22(27)30-23-24(26-21-17-14-13-16-20(21)25-23)31-32(28,33)29-19-15-11-8-6-4-2/h5,7,13-14,16-17H,3-4,6,8-12,15,18-19H2,1-2H3,(H,28,33). The molecule has 1 atom stereocenters. The van der Waals surface area contributed by atoms with Crippen LogP contribution in [0.15, 0.2) is 36.4 Å². The Kier molecular flexibility index (Phi) is 12.5. The maximum absolute atomic E-state index is 12.4. The number of para-hydroxylation sites is 2. The Morgan fingerprint density at radius 3 is 2.39 bits per heavy atom. The summed E-state index contributed by atoms with van der Waals surface area (Å²) >= 11 is 5.15. The largest absolute Gasteiger partial charge is 0.402 e. The number of unbranched alkanes of at least 4 members (excludes halogenated alkanes) is 6. The number of nitrogens with zero attached hydrogens (tertiary/aromatic N) is 2. The fraction of sp³-hybridized carbons (Fsp3) is 0.542. The van der Waals surface area contributed by atoms with Crippen molar-refractivity contribution in [2.75, 3.05) is 6.61 Å². The Hall–Kier alpha value is -1.86. The van der Waals surface area contributed by atoms with Crippen molar-refractivity contribution in [3.63, 3.8) is 0 Å². The first kappa shape index (κ1) is 27.4. The van der Waals surface area contributed by atoms with Gasteiger partial charge in [0.1, 0.15) is 0 Å². The van der Waals surface area contributed by atoms with Crippen LogP contribution in [0.25, 0.3) is 11.0 Å². The van der Waals surface area contributed by atoms with E-state index in [4.69, 9.17) is 25.6 Å². The van der Waals surface area contributed by atoms with E-state index in [2.05, 4.69) is 36.0 Å². The molecule has 0 aliphatic rings. The molecule has 7 nitrogen and oxygen atoms in total. The number of carbonyl (C=O) groups is 1. The average molecular weight is 495 g/mol. The molecule has 33 heavy (non-hydrogen) atoms. The third-order valence-electron chi connectivity index (χ3n) is 4.83. The van der Waals surface area contributed by atoms with Crippen LogP contribution in [-0.4, -0.2) is 27.4 Å². The predicted octanol–water partition coefficient (Wildman–Crippen LogP) is 6.64. The highest BCUT2D eigenvalue weighted by Gasteiger charge is 2.24. The fourth-order valence-electron chi connectivity index (χ4n) is 3.09. The summed E-state index contributed by atoms with van der Waals surface area (Å²) in [6.45, 7) is 0.905. The van der Waals surface area contributed by atoms with Gasteiger partial charge in [0.15, 0.2) is 0 Å². The minimum atomic E-state index is -3.62.